The predicted molar refractivity (Wildman–Crippen MR) is 107 cm³/mol. The third-order valence-electron chi connectivity index (χ3n) is 4.18. The Morgan fingerprint density at radius 2 is 2.13 bits per heavy atom. The van der Waals surface area contributed by atoms with Crippen LogP contribution in [0.5, 0.6) is 0 Å². The summed E-state index contributed by atoms with van der Waals surface area (Å²) in [4.78, 5) is 9.65. The van der Waals surface area contributed by atoms with E-state index in [1.165, 1.54) is 22.6 Å². The largest absolute Gasteiger partial charge is 0.379 e. The third-order valence-corrected chi connectivity index (χ3v) is 5.28. The minimum Gasteiger partial charge on any atom is -0.379 e. The van der Waals surface area contributed by atoms with Crippen molar-refractivity contribution in [1.29, 1.82) is 0 Å². The van der Waals surface area contributed by atoms with Gasteiger partial charge < -0.3 is 15.4 Å². The van der Waals surface area contributed by atoms with E-state index in [9.17, 15) is 0 Å². The Kier molecular flexibility index (Phi) is 7.58. The first-order valence-corrected chi connectivity index (χ1v) is 8.93. The summed E-state index contributed by atoms with van der Waals surface area (Å²) < 4.78 is 5.50. The van der Waals surface area contributed by atoms with Gasteiger partial charge in [0.25, 0.3) is 0 Å². The molecule has 1 saturated heterocycles. The van der Waals surface area contributed by atoms with Gasteiger partial charge in [0.2, 0.25) is 0 Å². The molecule has 3 rings (SSSR count). The highest BCUT2D eigenvalue weighted by Gasteiger charge is 2.26. The molecule has 23 heavy (non-hydrogen) atoms. The average molecular weight is 450 g/mol. The molecule has 7 heteroatoms. The Hall–Kier alpha value is -0.380. The molecule has 1 unspecified atom stereocenters. The summed E-state index contributed by atoms with van der Waals surface area (Å²) >= 11 is 1.89. The number of nitrogens with one attached hydrogen (secondary N) is 2. The monoisotopic (exact) mass is 450 g/mol. The molecule has 2 heterocycles. The van der Waals surface area contributed by atoms with Crippen molar-refractivity contribution in [2.75, 3.05) is 39.9 Å². The van der Waals surface area contributed by atoms with Crippen LogP contribution in [0, 0.1) is 6.92 Å². The Morgan fingerprint density at radius 1 is 1.39 bits per heavy atom. The van der Waals surface area contributed by atoms with Crippen LogP contribution >= 0.6 is 35.3 Å². The number of nitrogens with zero attached hydrogens (tertiary/aromatic N) is 2. The first-order valence-electron chi connectivity index (χ1n) is 8.11. The lowest BCUT2D eigenvalue weighted by Gasteiger charge is -2.34. The smallest absolute Gasteiger partial charge is 0.191 e. The fourth-order valence-electron chi connectivity index (χ4n) is 2.74. The Morgan fingerprint density at radius 3 is 2.70 bits per heavy atom. The quantitative estimate of drug-likeness (QED) is 0.411. The van der Waals surface area contributed by atoms with Crippen molar-refractivity contribution in [3.63, 3.8) is 0 Å². The summed E-state index contributed by atoms with van der Waals surface area (Å²) in [7, 11) is 1.84. The molecule has 1 saturated carbocycles. The molecule has 130 valence electrons. The normalized spacial score (nSPS) is 20.7. The number of hydrogen-bond acceptors (Lipinski definition) is 4. The van der Waals surface area contributed by atoms with Crippen LogP contribution in [-0.2, 0) is 4.74 Å². The molecule has 0 aromatic carbocycles. The molecule has 5 nitrogen and oxygen atoms in total. The lowest BCUT2D eigenvalue weighted by molar-refractivity contribution is 0.0177. The van der Waals surface area contributed by atoms with Gasteiger partial charge in [-0.25, -0.2) is 0 Å². The molecule has 2 N–H and O–H groups in total. The van der Waals surface area contributed by atoms with E-state index in [0.717, 1.165) is 38.8 Å². The van der Waals surface area contributed by atoms with Crippen molar-refractivity contribution in [2.45, 2.75) is 31.8 Å². The minimum absolute atomic E-state index is 0. The van der Waals surface area contributed by atoms with Gasteiger partial charge in [-0.2, -0.15) is 0 Å². The Bertz CT molecular complexity index is 512. The lowest BCUT2D eigenvalue weighted by atomic mass is 10.2. The summed E-state index contributed by atoms with van der Waals surface area (Å²) in [6.45, 7) is 6.71. The van der Waals surface area contributed by atoms with Crippen molar-refractivity contribution in [2.24, 2.45) is 4.99 Å². The van der Waals surface area contributed by atoms with Gasteiger partial charge in [0.05, 0.1) is 19.3 Å². The minimum atomic E-state index is 0. The highest BCUT2D eigenvalue weighted by Crippen LogP contribution is 2.28. The van der Waals surface area contributed by atoms with Gasteiger partial charge >= 0.3 is 0 Å². The second kappa shape index (κ2) is 9.19. The van der Waals surface area contributed by atoms with E-state index < -0.39 is 0 Å². The molecule has 1 aliphatic heterocycles. The first-order chi connectivity index (χ1) is 10.8. The number of halogens is 1. The molecular formula is C16H27IN4OS. The number of morpholine rings is 1. The van der Waals surface area contributed by atoms with Crippen LogP contribution in [0.15, 0.2) is 17.1 Å². The van der Waals surface area contributed by atoms with E-state index in [1.54, 1.807) is 0 Å². The van der Waals surface area contributed by atoms with E-state index in [0.29, 0.717) is 12.1 Å². The van der Waals surface area contributed by atoms with Crippen LogP contribution in [0.25, 0.3) is 0 Å². The summed E-state index contributed by atoms with van der Waals surface area (Å²) in [5.41, 5.74) is 0. The number of thiophene rings is 1. The van der Waals surface area contributed by atoms with Gasteiger partial charge in [-0.1, -0.05) is 0 Å². The van der Waals surface area contributed by atoms with Crippen LogP contribution in [-0.4, -0.2) is 56.8 Å². The maximum Gasteiger partial charge on any atom is 0.191 e. The van der Waals surface area contributed by atoms with Gasteiger partial charge in [-0.3, -0.25) is 9.89 Å². The van der Waals surface area contributed by atoms with Crippen LogP contribution < -0.4 is 10.6 Å². The van der Waals surface area contributed by atoms with Crippen LogP contribution in [0.2, 0.25) is 0 Å². The standard InChI is InChI=1S/C16H26N4OS.HI/c1-12-3-6-15(22-12)14(20-7-9-21-10-8-20)11-18-16(17-2)19-13-4-5-13;/h3,6,13-14H,4-5,7-11H2,1-2H3,(H2,17,18,19);1H. The summed E-state index contributed by atoms with van der Waals surface area (Å²) in [5.74, 6) is 0.925. The fraction of sp³-hybridized carbons (Fsp3) is 0.688. The number of ether oxygens (including phenoxy) is 1. The van der Waals surface area contributed by atoms with Crippen molar-refractivity contribution >= 4 is 41.3 Å². The predicted octanol–water partition coefficient (Wildman–Crippen LogP) is 2.38. The molecule has 0 bridgehead atoms. The zero-order valence-corrected chi connectivity index (χ0v) is 17.0. The molecule has 1 aromatic heterocycles. The molecule has 0 amide bonds. The van der Waals surface area contributed by atoms with Gasteiger partial charge in [0, 0.05) is 42.5 Å². The number of aliphatic imine (C=N–C) groups is 1. The second-order valence-electron chi connectivity index (χ2n) is 5.98. The Balaban J connectivity index is 0.00000192. The van der Waals surface area contributed by atoms with Crippen molar-refractivity contribution in [1.82, 2.24) is 15.5 Å². The van der Waals surface area contributed by atoms with E-state index in [1.807, 2.05) is 18.4 Å². The van der Waals surface area contributed by atoms with E-state index in [4.69, 9.17) is 4.74 Å². The Labute approximate surface area is 159 Å². The number of rotatable bonds is 5. The summed E-state index contributed by atoms with van der Waals surface area (Å²) in [6.07, 6.45) is 2.52. The summed E-state index contributed by atoms with van der Waals surface area (Å²) in [5, 5.41) is 6.96. The van der Waals surface area contributed by atoms with Gasteiger partial charge in [0.15, 0.2) is 5.96 Å². The topological polar surface area (TPSA) is 48.9 Å². The molecule has 1 aliphatic carbocycles. The summed E-state index contributed by atoms with van der Waals surface area (Å²) in [6, 6.07) is 5.49. The SMILES string of the molecule is CN=C(NCC(c1ccc(C)s1)N1CCOCC1)NC1CC1.I. The maximum absolute atomic E-state index is 5.50. The zero-order valence-electron chi connectivity index (χ0n) is 13.9. The molecule has 2 aliphatic rings. The van der Waals surface area contributed by atoms with Gasteiger partial charge in [0.1, 0.15) is 0 Å². The maximum atomic E-state index is 5.50. The van der Waals surface area contributed by atoms with Crippen molar-refractivity contribution < 1.29 is 4.74 Å². The molecule has 1 atom stereocenters. The first kappa shape index (κ1) is 19.0. The molecule has 1 aromatic rings. The van der Waals surface area contributed by atoms with Crippen molar-refractivity contribution in [3.8, 4) is 0 Å². The van der Waals surface area contributed by atoms with E-state index in [-0.39, 0.29) is 24.0 Å². The number of hydrogen-bond donors (Lipinski definition) is 2. The van der Waals surface area contributed by atoms with Gasteiger partial charge in [-0.05, 0) is 31.9 Å². The number of guanidine groups is 1. The van der Waals surface area contributed by atoms with E-state index >= 15 is 0 Å². The highest BCUT2D eigenvalue weighted by atomic mass is 127. The molecular weight excluding hydrogens is 423 g/mol. The van der Waals surface area contributed by atoms with Gasteiger partial charge in [-0.15, -0.1) is 35.3 Å². The van der Waals surface area contributed by atoms with Crippen molar-refractivity contribution in [3.05, 3.63) is 21.9 Å². The molecule has 0 spiro atoms. The molecule has 0 radical (unpaired) electrons. The molecule has 2 fully saturated rings. The lowest BCUT2D eigenvalue weighted by Crippen LogP contribution is -2.46. The zero-order chi connectivity index (χ0) is 15.4. The third kappa shape index (κ3) is 5.58. The number of aryl methyl sites for hydroxylation is 1. The van der Waals surface area contributed by atoms with Crippen LogP contribution in [0.3, 0.4) is 0 Å². The second-order valence-corrected chi connectivity index (χ2v) is 7.30. The van der Waals surface area contributed by atoms with E-state index in [2.05, 4.69) is 39.6 Å². The van der Waals surface area contributed by atoms with Crippen LogP contribution in [0.4, 0.5) is 0 Å². The average Bonchev–Trinajstić information content (AvgIpc) is 3.27. The van der Waals surface area contributed by atoms with Crippen LogP contribution in [0.1, 0.15) is 28.6 Å². The fourth-order valence-corrected chi connectivity index (χ4v) is 3.75. The highest BCUT2D eigenvalue weighted by molar-refractivity contribution is 14.0.